The Morgan fingerprint density at radius 2 is 1.60 bits per heavy atom. The van der Waals surface area contributed by atoms with E-state index in [1.165, 1.54) is 5.56 Å². The number of carbonyl (C=O) groups is 1. The van der Waals surface area contributed by atoms with Crippen LogP contribution in [0, 0.1) is 12.8 Å². The van der Waals surface area contributed by atoms with Gasteiger partial charge in [-0.15, -0.1) is 0 Å². The monoisotopic (exact) mass is 414 g/mol. The summed E-state index contributed by atoms with van der Waals surface area (Å²) in [5.41, 5.74) is 6.31. The van der Waals surface area contributed by atoms with Gasteiger partial charge in [0, 0.05) is 17.2 Å². The topological polar surface area (TPSA) is 41.5 Å². The summed E-state index contributed by atoms with van der Waals surface area (Å²) in [6, 6.07) is 24.2. The van der Waals surface area contributed by atoms with Crippen LogP contribution in [0.2, 0.25) is 5.02 Å². The maximum Gasteiger partial charge on any atom is 0.144 e. The number of Topliss-reactive ketones (excluding diaryl/α,β-unsaturated/α-hetero) is 1. The maximum atomic E-state index is 13.5. The number of fused-ring (bicyclic) bond motifs is 2. The van der Waals surface area contributed by atoms with Gasteiger partial charge < -0.3 is 5.32 Å². The van der Waals surface area contributed by atoms with E-state index >= 15 is 0 Å². The minimum absolute atomic E-state index is 0.119. The number of para-hydroxylation sites is 2. The van der Waals surface area contributed by atoms with Gasteiger partial charge in [-0.1, -0.05) is 65.7 Å². The molecule has 3 aromatic rings. The predicted octanol–water partition coefficient (Wildman–Crippen LogP) is 6.65. The fourth-order valence-corrected chi connectivity index (χ4v) is 4.75. The molecule has 1 aliphatic carbocycles. The molecule has 3 nitrogen and oxygen atoms in total. The van der Waals surface area contributed by atoms with Crippen molar-refractivity contribution in [3.05, 3.63) is 94.5 Å². The molecule has 4 heteroatoms. The van der Waals surface area contributed by atoms with Gasteiger partial charge in [0.2, 0.25) is 0 Å². The molecular formula is C26H23ClN2O. The van der Waals surface area contributed by atoms with E-state index in [1.54, 1.807) is 0 Å². The molecule has 0 radical (unpaired) electrons. The van der Waals surface area contributed by atoms with Crippen molar-refractivity contribution >= 4 is 34.5 Å². The number of benzene rings is 3. The molecular weight excluding hydrogens is 392 g/mol. The van der Waals surface area contributed by atoms with E-state index in [4.69, 9.17) is 16.6 Å². The number of aliphatic imine (C=N–C) groups is 1. The van der Waals surface area contributed by atoms with Crippen LogP contribution in [0.3, 0.4) is 0 Å². The predicted molar refractivity (Wildman–Crippen MR) is 123 cm³/mol. The molecule has 3 atom stereocenters. The van der Waals surface area contributed by atoms with Crippen LogP contribution >= 0.6 is 11.6 Å². The van der Waals surface area contributed by atoms with Crippen molar-refractivity contribution in [2.45, 2.75) is 31.7 Å². The van der Waals surface area contributed by atoms with Crippen molar-refractivity contribution in [3.8, 4) is 0 Å². The van der Waals surface area contributed by atoms with E-state index in [0.29, 0.717) is 11.4 Å². The molecule has 0 spiro atoms. The van der Waals surface area contributed by atoms with Gasteiger partial charge in [-0.2, -0.15) is 0 Å². The summed E-state index contributed by atoms with van der Waals surface area (Å²) in [6.07, 6.45) is 1.29. The van der Waals surface area contributed by atoms with E-state index < -0.39 is 0 Å². The average Bonchev–Trinajstić information content (AvgIpc) is 2.91. The van der Waals surface area contributed by atoms with Crippen LogP contribution in [0.5, 0.6) is 0 Å². The van der Waals surface area contributed by atoms with E-state index in [9.17, 15) is 4.79 Å². The van der Waals surface area contributed by atoms with Crippen molar-refractivity contribution in [2.75, 3.05) is 5.32 Å². The van der Waals surface area contributed by atoms with Gasteiger partial charge in [-0.25, -0.2) is 0 Å². The normalized spacial score (nSPS) is 22.9. The van der Waals surface area contributed by atoms with Crippen LogP contribution in [0.15, 0.2) is 77.8 Å². The minimum atomic E-state index is -0.261. The summed E-state index contributed by atoms with van der Waals surface area (Å²) in [5.74, 6) is 0.114. The Bertz CT molecular complexity index is 1120. The van der Waals surface area contributed by atoms with Gasteiger partial charge in [0.05, 0.1) is 23.3 Å². The highest BCUT2D eigenvalue weighted by Crippen LogP contribution is 2.44. The number of rotatable bonds is 2. The molecule has 0 amide bonds. The highest BCUT2D eigenvalue weighted by atomic mass is 35.5. The zero-order chi connectivity index (χ0) is 20.7. The lowest BCUT2D eigenvalue weighted by Crippen LogP contribution is -2.38. The van der Waals surface area contributed by atoms with Gasteiger partial charge in [0.1, 0.15) is 5.78 Å². The molecule has 1 aliphatic heterocycles. The Hall–Kier alpha value is -2.91. The first-order chi connectivity index (χ1) is 14.6. The van der Waals surface area contributed by atoms with Crippen LogP contribution < -0.4 is 5.32 Å². The summed E-state index contributed by atoms with van der Waals surface area (Å²) >= 11 is 6.07. The Kier molecular flexibility index (Phi) is 4.92. The number of nitrogens with one attached hydrogen (secondary N) is 1. The van der Waals surface area contributed by atoms with Gasteiger partial charge in [0.15, 0.2) is 0 Å². The molecule has 1 N–H and O–H groups in total. The second-order valence-corrected chi connectivity index (χ2v) is 8.69. The molecule has 5 rings (SSSR count). The van der Waals surface area contributed by atoms with Gasteiger partial charge >= 0.3 is 0 Å². The second kappa shape index (κ2) is 7.73. The third-order valence-corrected chi connectivity index (χ3v) is 6.45. The summed E-state index contributed by atoms with van der Waals surface area (Å²) < 4.78 is 0. The van der Waals surface area contributed by atoms with Crippen LogP contribution in [-0.4, -0.2) is 11.5 Å². The fraction of sp³-hybridized carbons (Fsp3) is 0.231. The molecule has 0 aromatic heterocycles. The molecule has 2 aliphatic rings. The second-order valence-electron chi connectivity index (χ2n) is 8.25. The highest BCUT2D eigenvalue weighted by Gasteiger charge is 2.41. The zero-order valence-corrected chi connectivity index (χ0v) is 17.6. The Balaban J connectivity index is 1.58. The van der Waals surface area contributed by atoms with Crippen molar-refractivity contribution in [1.29, 1.82) is 0 Å². The summed E-state index contributed by atoms with van der Waals surface area (Å²) in [6.45, 7) is 2.08. The van der Waals surface area contributed by atoms with Gasteiger partial charge in [-0.05, 0) is 54.7 Å². The molecule has 0 saturated heterocycles. The Morgan fingerprint density at radius 1 is 0.900 bits per heavy atom. The minimum Gasteiger partial charge on any atom is -0.375 e. The van der Waals surface area contributed by atoms with E-state index in [1.807, 2.05) is 48.5 Å². The maximum absolute atomic E-state index is 13.5. The van der Waals surface area contributed by atoms with Gasteiger partial charge in [-0.3, -0.25) is 9.79 Å². The Morgan fingerprint density at radius 3 is 2.37 bits per heavy atom. The number of ketones is 1. The lowest BCUT2D eigenvalue weighted by molar-refractivity contribution is -0.122. The quantitative estimate of drug-likeness (QED) is 0.510. The lowest BCUT2D eigenvalue weighted by Gasteiger charge is -2.34. The average molecular weight is 415 g/mol. The van der Waals surface area contributed by atoms with Crippen LogP contribution in [0.1, 0.15) is 41.5 Å². The van der Waals surface area contributed by atoms with Crippen molar-refractivity contribution in [3.63, 3.8) is 0 Å². The fourth-order valence-electron chi connectivity index (χ4n) is 4.62. The molecule has 0 unspecified atom stereocenters. The smallest absolute Gasteiger partial charge is 0.144 e. The molecule has 1 heterocycles. The molecule has 1 fully saturated rings. The third-order valence-electron chi connectivity index (χ3n) is 6.20. The molecule has 1 saturated carbocycles. The van der Waals surface area contributed by atoms with Gasteiger partial charge in [0.25, 0.3) is 0 Å². The number of aryl methyl sites for hydroxylation is 1. The molecule has 3 aromatic carbocycles. The molecule has 150 valence electrons. The van der Waals surface area contributed by atoms with Crippen LogP contribution in [-0.2, 0) is 4.79 Å². The van der Waals surface area contributed by atoms with Crippen molar-refractivity contribution in [2.24, 2.45) is 10.9 Å². The standard InChI is InChI=1S/C26H23ClN2O/c1-16-6-8-18(9-7-16)26-25-23(28-21-4-2-3-5-22(21)29-26)14-19(15-24(25)30)17-10-12-20(27)13-11-17/h2-13,19,25-26,29H,14-15H2,1H3/t19-,25-,26-/m1/s1. The first-order valence-electron chi connectivity index (χ1n) is 10.4. The highest BCUT2D eigenvalue weighted by molar-refractivity contribution is 6.30. The third kappa shape index (κ3) is 3.54. The largest absolute Gasteiger partial charge is 0.375 e. The summed E-state index contributed by atoms with van der Waals surface area (Å²) in [5, 5.41) is 4.35. The number of carbonyl (C=O) groups excluding carboxylic acids is 1. The number of anilines is 1. The first kappa shape index (κ1) is 19.1. The van der Waals surface area contributed by atoms with E-state index in [2.05, 4.69) is 36.5 Å². The molecule has 0 bridgehead atoms. The number of nitrogens with zero attached hydrogens (tertiary/aromatic N) is 1. The van der Waals surface area contributed by atoms with E-state index in [0.717, 1.165) is 34.6 Å². The lowest BCUT2D eigenvalue weighted by atomic mass is 9.72. The number of hydrogen-bond donors (Lipinski definition) is 1. The number of halogens is 1. The number of hydrogen-bond acceptors (Lipinski definition) is 3. The van der Waals surface area contributed by atoms with E-state index in [-0.39, 0.29) is 23.7 Å². The summed E-state index contributed by atoms with van der Waals surface area (Å²) in [4.78, 5) is 18.5. The van der Waals surface area contributed by atoms with Crippen LogP contribution in [0.25, 0.3) is 0 Å². The SMILES string of the molecule is Cc1ccc([C@H]2Nc3ccccc3N=C3C[C@@H](c4ccc(Cl)cc4)CC(=O)[C@@H]32)cc1. The van der Waals surface area contributed by atoms with Crippen LogP contribution in [0.4, 0.5) is 11.4 Å². The first-order valence-corrected chi connectivity index (χ1v) is 10.7. The zero-order valence-electron chi connectivity index (χ0n) is 16.8. The van der Waals surface area contributed by atoms with Crippen molar-refractivity contribution < 1.29 is 4.79 Å². The molecule has 30 heavy (non-hydrogen) atoms. The summed E-state index contributed by atoms with van der Waals surface area (Å²) in [7, 11) is 0. The van der Waals surface area contributed by atoms with Crippen molar-refractivity contribution in [1.82, 2.24) is 0 Å². The Labute approximate surface area is 181 Å².